The smallest absolute Gasteiger partial charge is 0.407 e. The number of fused-ring (bicyclic) bond motifs is 1. The zero-order valence-electron chi connectivity index (χ0n) is 24.3. The fraction of sp³-hybridized carbons (Fsp3) is 0.250. The lowest BCUT2D eigenvalue weighted by Gasteiger charge is -2.19. The number of carboxylic acid groups (broad SMARTS) is 1. The number of amides is 1. The summed E-state index contributed by atoms with van der Waals surface area (Å²) >= 11 is 0. The molecule has 0 bridgehead atoms. The zero-order chi connectivity index (χ0) is 29.5. The molecule has 5 aromatic rings. The van der Waals surface area contributed by atoms with Crippen molar-refractivity contribution < 1.29 is 19.7 Å². The Bertz CT molecular complexity index is 1620. The van der Waals surface area contributed by atoms with Crippen LogP contribution in [-0.2, 0) is 19.4 Å². The molecule has 0 aliphatic rings. The average Bonchev–Trinajstić information content (AvgIpc) is 3.33. The summed E-state index contributed by atoms with van der Waals surface area (Å²) in [6.45, 7) is 5.54. The van der Waals surface area contributed by atoms with Crippen LogP contribution in [0.4, 0.5) is 4.79 Å². The van der Waals surface area contributed by atoms with E-state index < -0.39 is 6.09 Å². The van der Waals surface area contributed by atoms with Crippen molar-refractivity contribution in [3.63, 3.8) is 0 Å². The molecule has 216 valence electrons. The SMILES string of the molecule is Cc1cc(C)cc(-c2[nH]c3ccc(O)cc3c2CCN(CCCCc2ccc(OCc3ccccc3)cc2)C(=O)O)c1. The van der Waals surface area contributed by atoms with E-state index in [1.165, 1.54) is 21.6 Å². The lowest BCUT2D eigenvalue weighted by Crippen LogP contribution is -2.32. The molecule has 5 rings (SSSR count). The van der Waals surface area contributed by atoms with E-state index in [4.69, 9.17) is 4.74 Å². The van der Waals surface area contributed by atoms with Gasteiger partial charge in [-0.3, -0.25) is 0 Å². The highest BCUT2D eigenvalue weighted by molar-refractivity contribution is 5.92. The molecule has 0 aliphatic heterocycles. The van der Waals surface area contributed by atoms with E-state index in [1.54, 1.807) is 12.1 Å². The van der Waals surface area contributed by atoms with Gasteiger partial charge in [0, 0.05) is 29.7 Å². The number of hydrogen-bond donors (Lipinski definition) is 3. The maximum Gasteiger partial charge on any atom is 0.407 e. The summed E-state index contributed by atoms with van der Waals surface area (Å²) in [5.74, 6) is 1.03. The Morgan fingerprint density at radius 2 is 1.55 bits per heavy atom. The van der Waals surface area contributed by atoms with E-state index in [1.807, 2.05) is 48.5 Å². The third kappa shape index (κ3) is 7.32. The molecule has 1 aromatic heterocycles. The fourth-order valence-corrected chi connectivity index (χ4v) is 5.54. The molecule has 42 heavy (non-hydrogen) atoms. The molecule has 1 heterocycles. The Hall–Kier alpha value is -4.71. The quantitative estimate of drug-likeness (QED) is 0.134. The summed E-state index contributed by atoms with van der Waals surface area (Å²) in [7, 11) is 0. The predicted molar refractivity (Wildman–Crippen MR) is 168 cm³/mol. The van der Waals surface area contributed by atoms with Crippen molar-refractivity contribution in [1.29, 1.82) is 0 Å². The molecule has 0 atom stereocenters. The van der Waals surface area contributed by atoms with E-state index in [0.717, 1.165) is 58.3 Å². The van der Waals surface area contributed by atoms with Crippen molar-refractivity contribution in [3.05, 3.63) is 119 Å². The molecule has 0 saturated carbocycles. The first-order valence-electron chi connectivity index (χ1n) is 14.5. The van der Waals surface area contributed by atoms with Crippen LogP contribution in [0.25, 0.3) is 22.2 Å². The molecule has 0 saturated heterocycles. The summed E-state index contributed by atoms with van der Waals surface area (Å²) in [6.07, 6.45) is 2.18. The first-order valence-corrected chi connectivity index (χ1v) is 14.5. The van der Waals surface area contributed by atoms with Crippen LogP contribution in [0.3, 0.4) is 0 Å². The Morgan fingerprint density at radius 3 is 2.26 bits per heavy atom. The predicted octanol–water partition coefficient (Wildman–Crippen LogP) is 8.28. The van der Waals surface area contributed by atoms with Gasteiger partial charge in [0.1, 0.15) is 18.1 Å². The molecule has 3 N–H and O–H groups in total. The van der Waals surface area contributed by atoms with Crippen LogP contribution in [0.5, 0.6) is 11.5 Å². The summed E-state index contributed by atoms with van der Waals surface area (Å²) < 4.78 is 5.88. The molecule has 6 nitrogen and oxygen atoms in total. The summed E-state index contributed by atoms with van der Waals surface area (Å²) in [5, 5.41) is 21.1. The van der Waals surface area contributed by atoms with Crippen molar-refractivity contribution in [2.24, 2.45) is 0 Å². The maximum atomic E-state index is 12.2. The second-order valence-electron chi connectivity index (χ2n) is 11.0. The van der Waals surface area contributed by atoms with Gasteiger partial charge in [-0.15, -0.1) is 0 Å². The van der Waals surface area contributed by atoms with Crippen LogP contribution in [0, 0.1) is 13.8 Å². The fourth-order valence-electron chi connectivity index (χ4n) is 5.54. The Kier molecular flexibility index (Phi) is 9.12. The van der Waals surface area contributed by atoms with Crippen molar-refractivity contribution in [2.75, 3.05) is 13.1 Å². The minimum Gasteiger partial charge on any atom is -0.508 e. The third-order valence-corrected chi connectivity index (χ3v) is 7.62. The average molecular weight is 563 g/mol. The van der Waals surface area contributed by atoms with Crippen LogP contribution in [-0.4, -0.2) is 39.3 Å². The molecule has 0 radical (unpaired) electrons. The summed E-state index contributed by atoms with van der Waals surface area (Å²) in [5.41, 5.74) is 8.66. The van der Waals surface area contributed by atoms with Crippen molar-refractivity contribution in [3.8, 4) is 22.8 Å². The first kappa shape index (κ1) is 28.8. The molecular weight excluding hydrogens is 524 g/mol. The number of hydrogen-bond acceptors (Lipinski definition) is 3. The highest BCUT2D eigenvalue weighted by atomic mass is 16.5. The van der Waals surface area contributed by atoms with Crippen LogP contribution < -0.4 is 4.74 Å². The van der Waals surface area contributed by atoms with Crippen LogP contribution >= 0.6 is 0 Å². The number of benzene rings is 4. The van der Waals surface area contributed by atoms with Crippen LogP contribution in [0.15, 0.2) is 91.0 Å². The summed E-state index contributed by atoms with van der Waals surface area (Å²) in [4.78, 5) is 17.2. The third-order valence-electron chi connectivity index (χ3n) is 7.62. The van der Waals surface area contributed by atoms with Crippen molar-refractivity contribution in [2.45, 2.75) is 46.1 Å². The molecule has 0 fully saturated rings. The highest BCUT2D eigenvalue weighted by Crippen LogP contribution is 2.34. The van der Waals surface area contributed by atoms with Gasteiger partial charge in [0.2, 0.25) is 0 Å². The van der Waals surface area contributed by atoms with Gasteiger partial charge in [-0.25, -0.2) is 4.79 Å². The van der Waals surface area contributed by atoms with Gasteiger partial charge < -0.3 is 24.8 Å². The van der Waals surface area contributed by atoms with Gasteiger partial charge in [0.25, 0.3) is 0 Å². The molecule has 6 heteroatoms. The number of H-pyrrole nitrogens is 1. The molecule has 1 amide bonds. The van der Waals surface area contributed by atoms with Gasteiger partial charge in [-0.2, -0.15) is 0 Å². The number of rotatable bonds is 12. The minimum absolute atomic E-state index is 0.195. The monoisotopic (exact) mass is 562 g/mol. The standard InChI is InChI=1S/C36H38N2O4/c1-25-20-26(2)22-29(21-25)35-32(33-23-30(39)13-16-34(33)37-35)17-19-38(36(40)41)18-7-6-8-27-11-14-31(15-12-27)42-24-28-9-4-3-5-10-28/h3-5,9-16,20-23,37,39H,6-8,17-19,24H2,1-2H3,(H,40,41). The van der Waals surface area contributed by atoms with Crippen molar-refractivity contribution >= 4 is 17.0 Å². The molecule has 0 unspecified atom stereocenters. The van der Waals surface area contributed by atoms with Crippen LogP contribution in [0.1, 0.15) is 40.7 Å². The first-order chi connectivity index (χ1) is 20.4. The van der Waals surface area contributed by atoms with Gasteiger partial charge in [0.15, 0.2) is 0 Å². The summed E-state index contributed by atoms with van der Waals surface area (Å²) in [6, 6.07) is 30.0. The number of aryl methyl sites for hydroxylation is 3. The largest absolute Gasteiger partial charge is 0.508 e. The Morgan fingerprint density at radius 1 is 0.810 bits per heavy atom. The second kappa shape index (κ2) is 13.3. The molecule has 0 spiro atoms. The van der Waals surface area contributed by atoms with Gasteiger partial charge >= 0.3 is 6.09 Å². The van der Waals surface area contributed by atoms with Crippen LogP contribution in [0.2, 0.25) is 0 Å². The lowest BCUT2D eigenvalue weighted by atomic mass is 9.99. The van der Waals surface area contributed by atoms with E-state index >= 15 is 0 Å². The Labute approximate surface area is 247 Å². The topological polar surface area (TPSA) is 85.8 Å². The Balaban J connectivity index is 1.18. The number of unbranched alkanes of at least 4 members (excludes halogenated alkanes) is 1. The molecule has 4 aromatic carbocycles. The van der Waals surface area contributed by atoms with E-state index in [2.05, 4.69) is 49.2 Å². The minimum atomic E-state index is -0.912. The van der Waals surface area contributed by atoms with E-state index in [-0.39, 0.29) is 5.75 Å². The number of aromatic hydroxyl groups is 1. The normalized spacial score (nSPS) is 11.1. The van der Waals surface area contributed by atoms with E-state index in [0.29, 0.717) is 26.1 Å². The number of carbonyl (C=O) groups is 1. The number of aromatic amines is 1. The van der Waals surface area contributed by atoms with E-state index in [9.17, 15) is 15.0 Å². The van der Waals surface area contributed by atoms with Gasteiger partial charge in [-0.1, -0.05) is 59.7 Å². The van der Waals surface area contributed by atoms with Gasteiger partial charge in [-0.05, 0) is 104 Å². The number of phenols is 1. The number of ether oxygens (including phenoxy) is 1. The number of nitrogens with one attached hydrogen (secondary N) is 1. The van der Waals surface area contributed by atoms with Gasteiger partial charge in [0.05, 0.1) is 0 Å². The highest BCUT2D eigenvalue weighted by Gasteiger charge is 2.18. The second-order valence-corrected chi connectivity index (χ2v) is 11.0. The number of phenolic OH excluding ortho intramolecular Hbond substituents is 1. The number of aromatic nitrogens is 1. The van der Waals surface area contributed by atoms with Crippen molar-refractivity contribution in [1.82, 2.24) is 9.88 Å². The zero-order valence-corrected chi connectivity index (χ0v) is 24.3. The molecule has 0 aliphatic carbocycles. The number of nitrogens with zero attached hydrogens (tertiary/aromatic N) is 1. The maximum absolute atomic E-state index is 12.2. The lowest BCUT2D eigenvalue weighted by molar-refractivity contribution is 0.145. The molecular formula is C36H38N2O4.